The quantitative estimate of drug-likeness (QED) is 0.241. The molecule has 32 heavy (non-hydrogen) atoms. The van der Waals surface area contributed by atoms with Crippen LogP contribution >= 0.6 is 0 Å². The predicted molar refractivity (Wildman–Crippen MR) is 138 cm³/mol. The lowest BCUT2D eigenvalue weighted by Crippen LogP contribution is -2.10. The molecule has 2 atom stereocenters. The zero-order valence-corrected chi connectivity index (χ0v) is 18.5. The Hall–Kier alpha value is -3.64. The highest BCUT2D eigenvalue weighted by Crippen LogP contribution is 2.39. The van der Waals surface area contributed by atoms with Crippen molar-refractivity contribution in [3.8, 4) is 11.1 Å². The van der Waals surface area contributed by atoms with Crippen LogP contribution in [0.15, 0.2) is 135 Å². The lowest BCUT2D eigenvalue weighted by molar-refractivity contribution is 0.775. The monoisotopic (exact) mass is 414 g/mol. The van der Waals surface area contributed by atoms with E-state index in [4.69, 9.17) is 0 Å². The van der Waals surface area contributed by atoms with Crippen LogP contribution in [0.4, 0.5) is 0 Å². The van der Waals surface area contributed by atoms with Crippen LogP contribution < -0.4 is 0 Å². The average molecular weight is 415 g/mol. The van der Waals surface area contributed by atoms with Crippen molar-refractivity contribution in [1.29, 1.82) is 0 Å². The van der Waals surface area contributed by atoms with Gasteiger partial charge >= 0.3 is 0 Å². The molecule has 0 spiro atoms. The van der Waals surface area contributed by atoms with Gasteiger partial charge in [-0.1, -0.05) is 121 Å². The maximum Gasteiger partial charge on any atom is 0.00648 e. The maximum absolute atomic E-state index is 4.25. The fourth-order valence-corrected chi connectivity index (χ4v) is 4.55. The van der Waals surface area contributed by atoms with Gasteiger partial charge in [-0.05, 0) is 46.2 Å². The van der Waals surface area contributed by atoms with Gasteiger partial charge in [0.1, 0.15) is 0 Å². The Balaban J connectivity index is 1.83. The Bertz CT molecular complexity index is 1140. The number of rotatable bonds is 9. The molecule has 0 bridgehead atoms. The average Bonchev–Trinajstić information content (AvgIpc) is 2.87. The van der Waals surface area contributed by atoms with E-state index in [2.05, 4.69) is 135 Å². The Morgan fingerprint density at radius 3 is 1.56 bits per heavy atom. The lowest BCUT2D eigenvalue weighted by atomic mass is 9.78. The second kappa shape index (κ2) is 10.6. The van der Waals surface area contributed by atoms with Crippen molar-refractivity contribution in [2.45, 2.75) is 24.7 Å². The van der Waals surface area contributed by atoms with Gasteiger partial charge < -0.3 is 0 Å². The molecule has 4 aromatic rings. The summed E-state index contributed by atoms with van der Waals surface area (Å²) < 4.78 is 0. The molecule has 0 N–H and O–H groups in total. The molecule has 0 saturated heterocycles. The van der Waals surface area contributed by atoms with Crippen molar-refractivity contribution in [2.24, 2.45) is 0 Å². The zero-order chi connectivity index (χ0) is 22.2. The van der Waals surface area contributed by atoms with Gasteiger partial charge in [-0.2, -0.15) is 0 Å². The molecule has 0 aliphatic carbocycles. The van der Waals surface area contributed by atoms with Crippen LogP contribution in [0, 0.1) is 0 Å². The van der Waals surface area contributed by atoms with Gasteiger partial charge in [0.05, 0.1) is 0 Å². The van der Waals surface area contributed by atoms with E-state index in [-0.39, 0.29) is 11.8 Å². The van der Waals surface area contributed by atoms with Crippen LogP contribution in [0.5, 0.6) is 0 Å². The Morgan fingerprint density at radius 2 is 1.03 bits per heavy atom. The zero-order valence-electron chi connectivity index (χ0n) is 18.5. The standard InChI is InChI=1S/C32H30/c1-3-27(23-25-15-8-5-9-16-25)30-21-14-22-31(29-19-12-7-13-20-29)32(30)28(4-2)24-26-17-10-6-11-18-26/h3-22,27-28H,1-2,23-24H2. The van der Waals surface area contributed by atoms with E-state index < -0.39 is 0 Å². The molecule has 0 nitrogen and oxygen atoms in total. The van der Waals surface area contributed by atoms with Crippen molar-refractivity contribution in [2.75, 3.05) is 0 Å². The Morgan fingerprint density at radius 1 is 0.531 bits per heavy atom. The fourth-order valence-electron chi connectivity index (χ4n) is 4.55. The van der Waals surface area contributed by atoms with Crippen LogP contribution in [-0.4, -0.2) is 0 Å². The minimum atomic E-state index is 0.210. The van der Waals surface area contributed by atoms with Crippen LogP contribution in [0.3, 0.4) is 0 Å². The molecule has 0 heteroatoms. The largest absolute Gasteiger partial charge is 0.102 e. The van der Waals surface area contributed by atoms with Crippen molar-refractivity contribution in [3.05, 3.63) is 157 Å². The summed E-state index contributed by atoms with van der Waals surface area (Å²) in [4.78, 5) is 0. The van der Waals surface area contributed by atoms with E-state index in [1.165, 1.54) is 33.4 Å². The second-order valence-electron chi connectivity index (χ2n) is 8.24. The van der Waals surface area contributed by atoms with E-state index in [1.54, 1.807) is 0 Å². The summed E-state index contributed by atoms with van der Waals surface area (Å²) in [6, 6.07) is 38.8. The number of hydrogen-bond acceptors (Lipinski definition) is 0. The molecule has 158 valence electrons. The van der Waals surface area contributed by atoms with Crippen molar-refractivity contribution >= 4 is 0 Å². The first-order valence-corrected chi connectivity index (χ1v) is 11.3. The number of hydrogen-bond donors (Lipinski definition) is 0. The Kier molecular flexibility index (Phi) is 7.15. The summed E-state index contributed by atoms with van der Waals surface area (Å²) in [6.07, 6.45) is 6.07. The molecular weight excluding hydrogens is 384 g/mol. The third kappa shape index (κ3) is 4.98. The molecule has 4 aromatic carbocycles. The van der Waals surface area contributed by atoms with E-state index >= 15 is 0 Å². The van der Waals surface area contributed by atoms with Gasteiger partial charge in [-0.15, -0.1) is 13.2 Å². The van der Waals surface area contributed by atoms with E-state index in [9.17, 15) is 0 Å². The van der Waals surface area contributed by atoms with E-state index in [0.29, 0.717) is 0 Å². The highest BCUT2D eigenvalue weighted by atomic mass is 14.3. The highest BCUT2D eigenvalue weighted by Gasteiger charge is 2.22. The minimum Gasteiger partial charge on any atom is -0.102 e. The van der Waals surface area contributed by atoms with Gasteiger partial charge in [-0.3, -0.25) is 0 Å². The predicted octanol–water partition coefficient (Wildman–Crippen LogP) is 8.38. The van der Waals surface area contributed by atoms with Crippen LogP contribution in [0.25, 0.3) is 11.1 Å². The normalized spacial score (nSPS) is 12.6. The summed E-state index contributed by atoms with van der Waals surface area (Å²) in [5.41, 5.74) is 7.87. The molecule has 0 saturated carbocycles. The number of allylic oxidation sites excluding steroid dienone is 2. The highest BCUT2D eigenvalue weighted by molar-refractivity contribution is 5.71. The molecule has 4 rings (SSSR count). The first-order chi connectivity index (χ1) is 15.8. The van der Waals surface area contributed by atoms with Crippen LogP contribution in [0.1, 0.15) is 34.1 Å². The summed E-state index contributed by atoms with van der Waals surface area (Å²) >= 11 is 0. The van der Waals surface area contributed by atoms with Crippen LogP contribution in [0.2, 0.25) is 0 Å². The van der Waals surface area contributed by atoms with Gasteiger partial charge in [0.2, 0.25) is 0 Å². The molecule has 0 amide bonds. The summed E-state index contributed by atoms with van der Waals surface area (Å²) in [7, 11) is 0. The summed E-state index contributed by atoms with van der Waals surface area (Å²) in [5.74, 6) is 0.441. The SMILES string of the molecule is C=CC(Cc1ccccc1)c1cccc(-c2ccccc2)c1C(C=C)Cc1ccccc1. The second-order valence-corrected chi connectivity index (χ2v) is 8.24. The first-order valence-electron chi connectivity index (χ1n) is 11.3. The third-order valence-electron chi connectivity index (χ3n) is 6.16. The molecule has 2 unspecified atom stereocenters. The minimum absolute atomic E-state index is 0.210. The lowest BCUT2D eigenvalue weighted by Gasteiger charge is -2.25. The van der Waals surface area contributed by atoms with Gasteiger partial charge in [0.25, 0.3) is 0 Å². The number of benzene rings is 4. The van der Waals surface area contributed by atoms with Gasteiger partial charge in [0.15, 0.2) is 0 Å². The summed E-state index contributed by atoms with van der Waals surface area (Å²) in [5, 5.41) is 0. The third-order valence-corrected chi connectivity index (χ3v) is 6.16. The molecule has 0 aliphatic heterocycles. The van der Waals surface area contributed by atoms with Crippen molar-refractivity contribution in [3.63, 3.8) is 0 Å². The van der Waals surface area contributed by atoms with E-state index in [1.807, 2.05) is 0 Å². The van der Waals surface area contributed by atoms with Gasteiger partial charge in [0, 0.05) is 11.8 Å². The topological polar surface area (TPSA) is 0 Å². The van der Waals surface area contributed by atoms with Gasteiger partial charge in [-0.25, -0.2) is 0 Å². The van der Waals surface area contributed by atoms with Crippen molar-refractivity contribution in [1.82, 2.24) is 0 Å². The summed E-state index contributed by atoms with van der Waals surface area (Å²) in [6.45, 7) is 8.47. The van der Waals surface area contributed by atoms with E-state index in [0.717, 1.165) is 12.8 Å². The maximum atomic E-state index is 4.25. The Labute approximate surface area is 192 Å². The molecule has 0 aliphatic rings. The molecular formula is C32H30. The molecule has 0 radical (unpaired) electrons. The molecule has 0 fully saturated rings. The van der Waals surface area contributed by atoms with Crippen LogP contribution in [-0.2, 0) is 12.8 Å². The molecule has 0 aromatic heterocycles. The fraction of sp³-hybridized carbons (Fsp3) is 0.125. The van der Waals surface area contributed by atoms with Crippen molar-refractivity contribution < 1.29 is 0 Å². The first kappa shape index (κ1) is 21.6. The smallest absolute Gasteiger partial charge is 0.00648 e. The molecule has 0 heterocycles.